The highest BCUT2D eigenvalue weighted by Gasteiger charge is 2.12. The molecule has 7 heteroatoms. The number of hydrogen-bond acceptors (Lipinski definition) is 5. The third-order valence-electron chi connectivity index (χ3n) is 3.68. The molecular weight excluding hydrogens is 344 g/mol. The van der Waals surface area contributed by atoms with E-state index in [2.05, 4.69) is 22.4 Å². The van der Waals surface area contributed by atoms with Crippen LogP contribution in [0.5, 0.6) is 5.75 Å². The molecule has 0 radical (unpaired) electrons. The molecule has 0 aliphatic heterocycles. The number of aryl methyl sites for hydroxylation is 1. The van der Waals surface area contributed by atoms with Crippen molar-refractivity contribution in [1.82, 2.24) is 14.5 Å². The summed E-state index contributed by atoms with van der Waals surface area (Å²) >= 11 is 1.62. The van der Waals surface area contributed by atoms with Crippen LogP contribution in [0, 0.1) is 0 Å². The zero-order valence-corrected chi connectivity index (χ0v) is 14.9. The van der Waals surface area contributed by atoms with Gasteiger partial charge in [0.2, 0.25) is 0 Å². The highest BCUT2D eigenvalue weighted by molar-refractivity contribution is 7.22. The van der Waals surface area contributed by atoms with Crippen molar-refractivity contribution in [2.45, 2.75) is 6.92 Å². The molecule has 0 spiro atoms. The molecular formula is C17H17ClN4OS. The van der Waals surface area contributed by atoms with Crippen LogP contribution < -0.4 is 10.1 Å². The van der Waals surface area contributed by atoms with Crippen LogP contribution in [0.25, 0.3) is 21.3 Å². The van der Waals surface area contributed by atoms with Crippen LogP contribution in [0.15, 0.2) is 42.7 Å². The summed E-state index contributed by atoms with van der Waals surface area (Å²) in [6, 6.07) is 12.1. The van der Waals surface area contributed by atoms with Crippen molar-refractivity contribution in [2.24, 2.45) is 7.05 Å². The second-order valence-electron chi connectivity index (χ2n) is 5.21. The topological polar surface area (TPSA) is 52.0 Å². The number of nitrogens with one attached hydrogen (secondary N) is 1. The summed E-state index contributed by atoms with van der Waals surface area (Å²) in [5, 5.41) is 4.20. The predicted octanol–water partition coefficient (Wildman–Crippen LogP) is 4.75. The van der Waals surface area contributed by atoms with E-state index in [1.807, 2.05) is 49.1 Å². The van der Waals surface area contributed by atoms with Gasteiger partial charge < -0.3 is 14.6 Å². The molecule has 2 aromatic heterocycles. The Balaban J connectivity index is 0.00000169. The van der Waals surface area contributed by atoms with Gasteiger partial charge in [0.25, 0.3) is 0 Å². The van der Waals surface area contributed by atoms with Crippen molar-refractivity contribution in [3.8, 4) is 5.75 Å². The highest BCUT2D eigenvalue weighted by atomic mass is 35.5. The standard InChI is InChI=1S/C17H16N4OS.ClH/c1-3-22-13-7-5-4-6-11(13)19-17-20-16-14(23-17)9-8-12-15(16)18-10-21(12)2;/h4-10H,3H2,1-2H3,(H,19,20);1H. The van der Waals surface area contributed by atoms with Crippen LogP contribution >= 0.6 is 23.7 Å². The van der Waals surface area contributed by atoms with E-state index in [0.717, 1.165) is 37.8 Å². The van der Waals surface area contributed by atoms with Gasteiger partial charge in [0.15, 0.2) is 5.13 Å². The van der Waals surface area contributed by atoms with Gasteiger partial charge in [-0.2, -0.15) is 0 Å². The first-order valence-corrected chi connectivity index (χ1v) is 8.27. The third-order valence-corrected chi connectivity index (χ3v) is 4.62. The van der Waals surface area contributed by atoms with E-state index in [4.69, 9.17) is 9.72 Å². The molecule has 0 aliphatic rings. The first-order valence-electron chi connectivity index (χ1n) is 7.45. The number of aromatic nitrogens is 3. The highest BCUT2D eigenvalue weighted by Crippen LogP contribution is 2.34. The maximum absolute atomic E-state index is 5.66. The number of fused-ring (bicyclic) bond motifs is 3. The average molecular weight is 361 g/mol. The third kappa shape index (κ3) is 2.79. The van der Waals surface area contributed by atoms with Gasteiger partial charge in [-0.15, -0.1) is 12.4 Å². The largest absolute Gasteiger partial charge is 0.492 e. The maximum Gasteiger partial charge on any atom is 0.188 e. The summed E-state index contributed by atoms with van der Waals surface area (Å²) in [5.41, 5.74) is 3.88. The number of rotatable bonds is 4. The van der Waals surface area contributed by atoms with Gasteiger partial charge in [0.1, 0.15) is 16.8 Å². The van der Waals surface area contributed by atoms with Gasteiger partial charge in [-0.3, -0.25) is 0 Å². The molecule has 0 saturated carbocycles. The van der Waals surface area contributed by atoms with Crippen molar-refractivity contribution in [3.63, 3.8) is 0 Å². The smallest absolute Gasteiger partial charge is 0.188 e. The van der Waals surface area contributed by atoms with E-state index in [9.17, 15) is 0 Å². The number of imidazole rings is 1. The number of para-hydroxylation sites is 2. The first kappa shape index (κ1) is 16.5. The number of nitrogens with zero attached hydrogens (tertiary/aromatic N) is 3. The lowest BCUT2D eigenvalue weighted by Gasteiger charge is -2.09. The van der Waals surface area contributed by atoms with E-state index >= 15 is 0 Å². The molecule has 0 saturated heterocycles. The number of anilines is 2. The Bertz CT molecular complexity index is 995. The fraction of sp³-hybridized carbons (Fsp3) is 0.176. The summed E-state index contributed by atoms with van der Waals surface area (Å²) in [5.74, 6) is 0.831. The molecule has 1 N–H and O–H groups in total. The Kier molecular flexibility index (Phi) is 4.59. The lowest BCUT2D eigenvalue weighted by atomic mass is 10.3. The fourth-order valence-electron chi connectivity index (χ4n) is 2.61. The van der Waals surface area contributed by atoms with E-state index < -0.39 is 0 Å². The zero-order chi connectivity index (χ0) is 15.8. The Morgan fingerprint density at radius 1 is 1.17 bits per heavy atom. The van der Waals surface area contributed by atoms with Crippen molar-refractivity contribution >= 4 is 55.8 Å². The second-order valence-corrected chi connectivity index (χ2v) is 6.24. The lowest BCUT2D eigenvalue weighted by Crippen LogP contribution is -1.97. The monoisotopic (exact) mass is 360 g/mol. The fourth-order valence-corrected chi connectivity index (χ4v) is 3.49. The van der Waals surface area contributed by atoms with Crippen LogP contribution in [-0.4, -0.2) is 21.1 Å². The van der Waals surface area contributed by atoms with Gasteiger partial charge in [-0.1, -0.05) is 23.5 Å². The van der Waals surface area contributed by atoms with Gasteiger partial charge in [-0.25, -0.2) is 9.97 Å². The minimum Gasteiger partial charge on any atom is -0.492 e. The molecule has 124 valence electrons. The normalized spacial score (nSPS) is 10.8. The van der Waals surface area contributed by atoms with Crippen LogP contribution in [0.3, 0.4) is 0 Å². The molecule has 4 rings (SSSR count). The Labute approximate surface area is 149 Å². The molecule has 0 aliphatic carbocycles. The number of ether oxygens (including phenoxy) is 1. The molecule has 5 nitrogen and oxygen atoms in total. The SMILES string of the molecule is CCOc1ccccc1Nc1nc2c(ccc3c2ncn3C)s1.Cl. The second kappa shape index (κ2) is 6.67. The molecule has 0 atom stereocenters. The zero-order valence-electron chi connectivity index (χ0n) is 13.3. The summed E-state index contributed by atoms with van der Waals surface area (Å²) in [7, 11) is 1.99. The average Bonchev–Trinajstić information content (AvgIpc) is 3.13. The van der Waals surface area contributed by atoms with Crippen LogP contribution in [-0.2, 0) is 7.05 Å². The van der Waals surface area contributed by atoms with Crippen molar-refractivity contribution in [2.75, 3.05) is 11.9 Å². The van der Waals surface area contributed by atoms with Crippen LogP contribution in [0.1, 0.15) is 6.92 Å². The Morgan fingerprint density at radius 3 is 2.83 bits per heavy atom. The summed E-state index contributed by atoms with van der Waals surface area (Å²) < 4.78 is 8.78. The minimum absolute atomic E-state index is 0. The van der Waals surface area contributed by atoms with E-state index in [1.54, 1.807) is 11.3 Å². The number of hydrogen-bond donors (Lipinski definition) is 1. The molecule has 4 aromatic rings. The molecule has 2 heterocycles. The quantitative estimate of drug-likeness (QED) is 0.570. The summed E-state index contributed by atoms with van der Waals surface area (Å²) in [6.07, 6.45) is 1.82. The number of halogens is 1. The van der Waals surface area contributed by atoms with Crippen LogP contribution in [0.2, 0.25) is 0 Å². The molecule has 0 fully saturated rings. The van der Waals surface area contributed by atoms with Gasteiger partial charge >= 0.3 is 0 Å². The number of thiazole rings is 1. The molecule has 0 amide bonds. The lowest BCUT2D eigenvalue weighted by molar-refractivity contribution is 0.342. The Hall–Kier alpha value is -2.31. The van der Waals surface area contributed by atoms with E-state index in [-0.39, 0.29) is 12.4 Å². The Morgan fingerprint density at radius 2 is 2.00 bits per heavy atom. The summed E-state index contributed by atoms with van der Waals surface area (Å²) in [6.45, 7) is 2.61. The van der Waals surface area contributed by atoms with Gasteiger partial charge in [-0.05, 0) is 31.2 Å². The maximum atomic E-state index is 5.66. The molecule has 0 bridgehead atoms. The predicted molar refractivity (Wildman–Crippen MR) is 102 cm³/mol. The van der Waals surface area contributed by atoms with Crippen LogP contribution in [0.4, 0.5) is 10.8 Å². The number of benzene rings is 2. The molecule has 0 unspecified atom stereocenters. The van der Waals surface area contributed by atoms with Gasteiger partial charge in [0, 0.05) is 7.05 Å². The first-order chi connectivity index (χ1) is 11.3. The van der Waals surface area contributed by atoms with Crippen molar-refractivity contribution in [1.29, 1.82) is 0 Å². The van der Waals surface area contributed by atoms with Gasteiger partial charge in [0.05, 0.1) is 28.8 Å². The summed E-state index contributed by atoms with van der Waals surface area (Å²) in [4.78, 5) is 9.20. The molecule has 24 heavy (non-hydrogen) atoms. The van der Waals surface area contributed by atoms with Crippen molar-refractivity contribution in [3.05, 3.63) is 42.7 Å². The van der Waals surface area contributed by atoms with Crippen molar-refractivity contribution < 1.29 is 4.74 Å². The molecule has 2 aromatic carbocycles. The van der Waals surface area contributed by atoms with E-state index in [1.165, 1.54) is 0 Å². The minimum atomic E-state index is 0. The van der Waals surface area contributed by atoms with E-state index in [0.29, 0.717) is 6.61 Å².